The van der Waals surface area contributed by atoms with Crippen LogP contribution in [0.5, 0.6) is 0 Å². The summed E-state index contributed by atoms with van der Waals surface area (Å²) in [4.78, 5) is 25.2. The molecule has 4 atom stereocenters. The molecule has 2 aromatic rings. The second-order valence-corrected chi connectivity index (χ2v) is 8.83. The van der Waals surface area contributed by atoms with Crippen molar-refractivity contribution in [3.63, 3.8) is 0 Å². The Morgan fingerprint density at radius 1 is 1.25 bits per heavy atom. The summed E-state index contributed by atoms with van der Waals surface area (Å²) in [5.41, 5.74) is 0. The van der Waals surface area contributed by atoms with Gasteiger partial charge in [-0.15, -0.1) is 0 Å². The van der Waals surface area contributed by atoms with Gasteiger partial charge in [0, 0.05) is 31.5 Å². The van der Waals surface area contributed by atoms with Gasteiger partial charge < -0.3 is 19.3 Å². The molecule has 2 fully saturated rings. The molecule has 1 amide bonds. The zero-order valence-electron chi connectivity index (χ0n) is 16.2. The van der Waals surface area contributed by atoms with Gasteiger partial charge >= 0.3 is 0 Å². The summed E-state index contributed by atoms with van der Waals surface area (Å²) in [6.07, 6.45) is 4.78. The summed E-state index contributed by atoms with van der Waals surface area (Å²) < 4.78 is 5.79. The Morgan fingerprint density at radius 3 is 2.68 bits per heavy atom. The lowest BCUT2D eigenvalue weighted by molar-refractivity contribution is 0.00940. The minimum atomic E-state index is -0.321. The summed E-state index contributed by atoms with van der Waals surface area (Å²) in [6.45, 7) is 1.44. The van der Waals surface area contributed by atoms with E-state index in [1.165, 1.54) is 11.8 Å². The fourth-order valence-electron chi connectivity index (χ4n) is 4.35. The number of nitrogens with zero attached hydrogens (tertiary/aromatic N) is 4. The minimum Gasteiger partial charge on any atom is -0.455 e. The van der Waals surface area contributed by atoms with Gasteiger partial charge in [0.2, 0.25) is 0 Å². The van der Waals surface area contributed by atoms with Gasteiger partial charge in [-0.2, -0.15) is 0 Å². The highest BCUT2D eigenvalue weighted by Gasteiger charge is 2.44. The molecule has 0 unspecified atom stereocenters. The van der Waals surface area contributed by atoms with Gasteiger partial charge in [0.15, 0.2) is 10.9 Å². The van der Waals surface area contributed by atoms with Crippen molar-refractivity contribution in [2.45, 2.75) is 35.9 Å². The van der Waals surface area contributed by atoms with Crippen molar-refractivity contribution in [1.29, 1.82) is 0 Å². The van der Waals surface area contributed by atoms with Gasteiger partial charge in [-0.3, -0.25) is 4.79 Å². The number of amides is 1. The molecule has 2 aromatic heterocycles. The van der Waals surface area contributed by atoms with E-state index in [0.717, 1.165) is 25.1 Å². The Hall–Kier alpha value is -1.90. The number of hydrogen-bond donors (Lipinski definition) is 1. The highest BCUT2D eigenvalue weighted by Crippen LogP contribution is 2.38. The van der Waals surface area contributed by atoms with E-state index in [1.54, 1.807) is 24.5 Å². The van der Waals surface area contributed by atoms with Crippen LogP contribution in [0, 0.1) is 11.8 Å². The molecule has 0 bridgehead atoms. The number of aromatic nitrogens is 2. The summed E-state index contributed by atoms with van der Waals surface area (Å²) in [6, 6.07) is 5.55. The van der Waals surface area contributed by atoms with Crippen LogP contribution < -0.4 is 0 Å². The normalized spacial score (nSPS) is 27.2. The number of furan rings is 1. The molecule has 3 heterocycles. The molecule has 1 aliphatic heterocycles. The number of aliphatic hydroxyl groups is 1. The first-order valence-corrected chi connectivity index (χ1v) is 10.6. The number of hydrogen-bond acceptors (Lipinski definition) is 7. The number of aliphatic hydroxyl groups excluding tert-OH is 1. The molecule has 1 aliphatic carbocycles. The van der Waals surface area contributed by atoms with E-state index in [2.05, 4.69) is 14.9 Å². The Labute approximate surface area is 169 Å². The minimum absolute atomic E-state index is 0.0579. The van der Waals surface area contributed by atoms with Crippen LogP contribution in [0.1, 0.15) is 29.2 Å². The Morgan fingerprint density at radius 2 is 1.96 bits per heavy atom. The zero-order valence-corrected chi connectivity index (χ0v) is 17.0. The Balaban J connectivity index is 1.36. The molecule has 8 heteroatoms. The first kappa shape index (κ1) is 19.4. The lowest BCUT2D eigenvalue weighted by Gasteiger charge is -2.38. The van der Waals surface area contributed by atoms with Gasteiger partial charge in [0.05, 0.1) is 11.9 Å². The smallest absolute Gasteiger partial charge is 0.289 e. The number of fused-ring (bicyclic) bond motifs is 1. The summed E-state index contributed by atoms with van der Waals surface area (Å²) in [5.74, 6) is 2.46. The first-order chi connectivity index (χ1) is 13.5. The number of thioether (sulfide) groups is 1. The predicted molar refractivity (Wildman–Crippen MR) is 106 cm³/mol. The lowest BCUT2D eigenvalue weighted by Crippen LogP contribution is -2.46. The van der Waals surface area contributed by atoms with E-state index in [4.69, 9.17) is 4.42 Å². The molecule has 2 aliphatic rings. The summed E-state index contributed by atoms with van der Waals surface area (Å²) in [7, 11) is 4.02. The fraction of sp³-hybridized carbons (Fsp3) is 0.550. The lowest BCUT2D eigenvalue weighted by atomic mass is 9.77. The second kappa shape index (κ2) is 8.23. The van der Waals surface area contributed by atoms with Crippen LogP contribution in [0.2, 0.25) is 0 Å². The van der Waals surface area contributed by atoms with Crippen molar-refractivity contribution >= 4 is 17.7 Å². The van der Waals surface area contributed by atoms with Gasteiger partial charge in [0.25, 0.3) is 5.91 Å². The third-order valence-electron chi connectivity index (χ3n) is 5.82. The maximum atomic E-state index is 12.9. The van der Waals surface area contributed by atoms with E-state index >= 15 is 0 Å². The molecule has 7 nitrogen and oxygen atoms in total. The molecule has 0 spiro atoms. The molecular weight excluding hydrogens is 376 g/mol. The quantitative estimate of drug-likeness (QED) is 0.606. The number of rotatable bonds is 5. The first-order valence-electron chi connectivity index (χ1n) is 9.63. The third-order valence-corrected chi connectivity index (χ3v) is 6.72. The molecule has 1 N–H and O–H groups in total. The van der Waals surface area contributed by atoms with Crippen LogP contribution >= 0.6 is 11.8 Å². The SMILES string of the molecule is CN(C)[C@@H]1C[C@@H]2CN(C(=O)c3ccc(CSc4ncccn4)o3)C[C@@H]2C[C@H]1O. The predicted octanol–water partition coefficient (Wildman–Crippen LogP) is 2.14. The monoisotopic (exact) mass is 402 g/mol. The largest absolute Gasteiger partial charge is 0.455 e. The average molecular weight is 403 g/mol. The standard InChI is InChI=1S/C20H26N4O3S/c1-23(2)16-8-13-10-24(11-14(13)9-17(16)25)19(26)18-5-4-15(27-18)12-28-20-21-6-3-7-22-20/h3-7,13-14,16-17,25H,8-12H2,1-2H3/t13-,14+,16-,17-/m1/s1. The van der Waals surface area contributed by atoms with Crippen molar-refractivity contribution in [2.75, 3.05) is 27.2 Å². The van der Waals surface area contributed by atoms with E-state index in [0.29, 0.717) is 35.1 Å². The van der Waals surface area contributed by atoms with Gasteiger partial charge in [-0.25, -0.2) is 9.97 Å². The number of carbonyl (C=O) groups excluding carboxylic acids is 1. The maximum absolute atomic E-state index is 12.9. The summed E-state index contributed by atoms with van der Waals surface area (Å²) in [5, 5.41) is 11.1. The molecule has 4 rings (SSSR count). The molecule has 0 radical (unpaired) electrons. The number of carbonyl (C=O) groups is 1. The fourth-order valence-corrected chi connectivity index (χ4v) is 5.05. The second-order valence-electron chi connectivity index (χ2n) is 7.89. The van der Waals surface area contributed by atoms with Gasteiger partial charge in [-0.1, -0.05) is 11.8 Å². The topological polar surface area (TPSA) is 82.7 Å². The van der Waals surface area contributed by atoms with Gasteiger partial charge in [-0.05, 0) is 57.0 Å². The Kier molecular flexibility index (Phi) is 5.70. The van der Waals surface area contributed by atoms with Crippen LogP contribution in [0.3, 0.4) is 0 Å². The molecule has 150 valence electrons. The maximum Gasteiger partial charge on any atom is 0.289 e. The van der Waals surface area contributed by atoms with Crippen molar-refractivity contribution < 1.29 is 14.3 Å². The van der Waals surface area contributed by atoms with Crippen molar-refractivity contribution in [1.82, 2.24) is 19.8 Å². The van der Waals surface area contributed by atoms with Crippen molar-refractivity contribution in [2.24, 2.45) is 11.8 Å². The van der Waals surface area contributed by atoms with E-state index in [1.807, 2.05) is 25.1 Å². The summed E-state index contributed by atoms with van der Waals surface area (Å²) >= 11 is 1.48. The highest BCUT2D eigenvalue weighted by molar-refractivity contribution is 7.98. The van der Waals surface area contributed by atoms with Crippen LogP contribution in [-0.2, 0) is 5.75 Å². The molecule has 0 aromatic carbocycles. The van der Waals surface area contributed by atoms with Crippen LogP contribution in [0.25, 0.3) is 0 Å². The van der Waals surface area contributed by atoms with Crippen LogP contribution in [0.15, 0.2) is 40.2 Å². The van der Waals surface area contributed by atoms with E-state index < -0.39 is 0 Å². The molecular formula is C20H26N4O3S. The number of likely N-dealkylation sites (tertiary alicyclic amines) is 1. The highest BCUT2D eigenvalue weighted by atomic mass is 32.2. The van der Waals surface area contributed by atoms with Crippen LogP contribution in [-0.4, -0.2) is 70.1 Å². The van der Waals surface area contributed by atoms with Crippen molar-refractivity contribution in [3.05, 3.63) is 42.1 Å². The van der Waals surface area contributed by atoms with Crippen molar-refractivity contribution in [3.8, 4) is 0 Å². The molecule has 28 heavy (non-hydrogen) atoms. The Bertz CT molecular complexity index is 813. The molecule has 1 saturated heterocycles. The van der Waals surface area contributed by atoms with E-state index in [9.17, 15) is 9.90 Å². The van der Waals surface area contributed by atoms with Crippen LogP contribution in [0.4, 0.5) is 0 Å². The number of likely N-dealkylation sites (N-methyl/N-ethyl adjacent to an activating group) is 1. The van der Waals surface area contributed by atoms with E-state index in [-0.39, 0.29) is 18.1 Å². The molecule has 1 saturated carbocycles. The zero-order chi connectivity index (χ0) is 19.7. The average Bonchev–Trinajstić information content (AvgIpc) is 3.32. The third kappa shape index (κ3) is 4.09. The van der Waals surface area contributed by atoms with Gasteiger partial charge in [0.1, 0.15) is 5.76 Å².